The molecule has 0 atom stereocenters. The van der Waals surface area contributed by atoms with E-state index in [1.807, 2.05) is 0 Å². The van der Waals surface area contributed by atoms with E-state index >= 15 is 0 Å². The summed E-state index contributed by atoms with van der Waals surface area (Å²) in [5.74, 6) is 0. The van der Waals surface area contributed by atoms with Crippen LogP contribution in [0.5, 0.6) is 0 Å². The van der Waals surface area contributed by atoms with Crippen LogP contribution in [0.25, 0.3) is 0 Å². The zero-order valence-corrected chi connectivity index (χ0v) is 12.6. The average Bonchev–Trinajstić information content (AvgIpc) is 2.22. The van der Waals surface area contributed by atoms with Crippen molar-refractivity contribution in [1.29, 1.82) is 0 Å². The van der Waals surface area contributed by atoms with E-state index in [0.717, 1.165) is 0 Å². The van der Waals surface area contributed by atoms with Gasteiger partial charge in [-0.3, -0.25) is 0 Å². The first kappa shape index (κ1) is 15.2. The van der Waals surface area contributed by atoms with Crippen molar-refractivity contribution in [3.8, 4) is 0 Å². The topological polar surface area (TPSA) is 3.24 Å². The molecule has 0 aromatic rings. The lowest BCUT2D eigenvalue weighted by molar-refractivity contribution is 0.578. The third-order valence-electron chi connectivity index (χ3n) is 3.66. The molecule has 0 aliphatic carbocycles. The van der Waals surface area contributed by atoms with Gasteiger partial charge in [0.05, 0.1) is 0 Å². The molecule has 0 bridgehead atoms. The predicted octanol–water partition coefficient (Wildman–Crippen LogP) is 4.50. The van der Waals surface area contributed by atoms with Gasteiger partial charge in [-0.25, -0.2) is 0 Å². The minimum absolute atomic E-state index is 1.08. The van der Waals surface area contributed by atoms with Crippen LogP contribution in [0.1, 0.15) is 52.9 Å². The first-order chi connectivity index (χ1) is 7.13. The van der Waals surface area contributed by atoms with E-state index in [-0.39, 0.29) is 0 Å². The molecule has 0 aromatic carbocycles. The van der Waals surface area contributed by atoms with Crippen LogP contribution in [0, 0.1) is 0 Å². The maximum atomic E-state index is 2.63. The maximum Gasteiger partial charge on any atom is 0.127 e. The standard InChI is InChI=1S/C13H31NSi/c1-6-9-12-15(11-8-3,14(4)5)13-10-7-2/h6-13H2,1-5H3. The number of unbranched alkanes of at least 4 members (excludes halogenated alkanes) is 2. The zero-order chi connectivity index (χ0) is 11.7. The highest BCUT2D eigenvalue weighted by atomic mass is 28.3. The summed E-state index contributed by atoms with van der Waals surface area (Å²) in [5.41, 5.74) is 0. The van der Waals surface area contributed by atoms with Gasteiger partial charge >= 0.3 is 0 Å². The van der Waals surface area contributed by atoms with Crippen molar-refractivity contribution in [2.45, 2.75) is 71.0 Å². The Kier molecular flexibility index (Phi) is 8.44. The molecule has 0 radical (unpaired) electrons. The van der Waals surface area contributed by atoms with Gasteiger partial charge in [0.25, 0.3) is 0 Å². The number of nitrogens with zero attached hydrogens (tertiary/aromatic N) is 1. The number of hydrogen-bond donors (Lipinski definition) is 0. The van der Waals surface area contributed by atoms with E-state index in [1.165, 1.54) is 50.2 Å². The zero-order valence-electron chi connectivity index (χ0n) is 11.6. The van der Waals surface area contributed by atoms with E-state index in [4.69, 9.17) is 0 Å². The summed E-state index contributed by atoms with van der Waals surface area (Å²) in [4.78, 5) is 0. The summed E-state index contributed by atoms with van der Waals surface area (Å²) in [6, 6.07) is 4.54. The summed E-state index contributed by atoms with van der Waals surface area (Å²) in [6.45, 7) is 6.99. The first-order valence-corrected chi connectivity index (χ1v) is 9.37. The van der Waals surface area contributed by atoms with Gasteiger partial charge in [0.2, 0.25) is 0 Å². The highest BCUT2D eigenvalue weighted by Crippen LogP contribution is 2.29. The lowest BCUT2D eigenvalue weighted by Gasteiger charge is -2.38. The van der Waals surface area contributed by atoms with Gasteiger partial charge in [-0.15, -0.1) is 0 Å². The molecule has 92 valence electrons. The molecule has 0 saturated carbocycles. The minimum atomic E-state index is -1.08. The molecule has 2 heteroatoms. The summed E-state index contributed by atoms with van der Waals surface area (Å²) >= 11 is 0. The largest absolute Gasteiger partial charge is 0.329 e. The monoisotopic (exact) mass is 229 g/mol. The molecular weight excluding hydrogens is 198 g/mol. The van der Waals surface area contributed by atoms with E-state index in [9.17, 15) is 0 Å². The van der Waals surface area contributed by atoms with E-state index in [2.05, 4.69) is 39.4 Å². The smallest absolute Gasteiger partial charge is 0.127 e. The minimum Gasteiger partial charge on any atom is -0.329 e. The highest BCUT2D eigenvalue weighted by Gasteiger charge is 2.33. The van der Waals surface area contributed by atoms with Crippen LogP contribution >= 0.6 is 0 Å². The number of rotatable bonds is 9. The molecule has 0 amide bonds. The lowest BCUT2D eigenvalue weighted by atomic mass is 10.4. The van der Waals surface area contributed by atoms with Crippen molar-refractivity contribution >= 4 is 8.24 Å². The Balaban J connectivity index is 4.41. The molecule has 15 heavy (non-hydrogen) atoms. The Morgan fingerprint density at radius 3 is 1.47 bits per heavy atom. The third-order valence-corrected chi connectivity index (χ3v) is 9.55. The quantitative estimate of drug-likeness (QED) is 0.526. The van der Waals surface area contributed by atoms with Crippen molar-refractivity contribution < 1.29 is 0 Å². The molecule has 0 heterocycles. The number of hydrogen-bond acceptors (Lipinski definition) is 1. The molecule has 0 unspecified atom stereocenters. The van der Waals surface area contributed by atoms with Crippen LogP contribution in [0.15, 0.2) is 0 Å². The Labute approximate surface area is 98.3 Å². The Morgan fingerprint density at radius 1 is 0.733 bits per heavy atom. The van der Waals surface area contributed by atoms with Gasteiger partial charge in [-0.2, -0.15) is 0 Å². The third kappa shape index (κ3) is 5.16. The Hall–Kier alpha value is 0.177. The van der Waals surface area contributed by atoms with Crippen molar-refractivity contribution in [3.63, 3.8) is 0 Å². The van der Waals surface area contributed by atoms with E-state index in [1.54, 1.807) is 0 Å². The van der Waals surface area contributed by atoms with Gasteiger partial charge in [0, 0.05) is 0 Å². The summed E-state index contributed by atoms with van der Waals surface area (Å²) in [5, 5.41) is 0. The van der Waals surface area contributed by atoms with Gasteiger partial charge < -0.3 is 4.57 Å². The van der Waals surface area contributed by atoms with Crippen LogP contribution in [-0.4, -0.2) is 26.9 Å². The van der Waals surface area contributed by atoms with Gasteiger partial charge in [-0.05, 0) is 32.2 Å². The average molecular weight is 229 g/mol. The van der Waals surface area contributed by atoms with Crippen molar-refractivity contribution in [2.24, 2.45) is 0 Å². The van der Waals surface area contributed by atoms with Crippen molar-refractivity contribution in [3.05, 3.63) is 0 Å². The summed E-state index contributed by atoms with van der Waals surface area (Å²) in [6.07, 6.45) is 6.97. The van der Waals surface area contributed by atoms with Crippen LogP contribution < -0.4 is 0 Å². The van der Waals surface area contributed by atoms with E-state index in [0.29, 0.717) is 0 Å². The van der Waals surface area contributed by atoms with Crippen LogP contribution in [0.4, 0.5) is 0 Å². The molecule has 0 N–H and O–H groups in total. The SMILES string of the molecule is CCCC[Si](CCC)(CCCC)N(C)C. The molecule has 0 rings (SSSR count). The lowest BCUT2D eigenvalue weighted by Crippen LogP contribution is -2.49. The first-order valence-electron chi connectivity index (χ1n) is 6.80. The van der Waals surface area contributed by atoms with Gasteiger partial charge in [0.1, 0.15) is 8.24 Å². The van der Waals surface area contributed by atoms with Crippen molar-refractivity contribution in [1.82, 2.24) is 4.57 Å². The fourth-order valence-electron chi connectivity index (χ4n) is 2.52. The normalized spacial score (nSPS) is 12.4. The fraction of sp³-hybridized carbons (Fsp3) is 1.00. The summed E-state index contributed by atoms with van der Waals surface area (Å²) in [7, 11) is 3.57. The van der Waals surface area contributed by atoms with Gasteiger partial charge in [0.15, 0.2) is 0 Å². The summed E-state index contributed by atoms with van der Waals surface area (Å²) < 4.78 is 2.63. The van der Waals surface area contributed by atoms with Crippen LogP contribution in [0.2, 0.25) is 18.1 Å². The van der Waals surface area contributed by atoms with E-state index < -0.39 is 8.24 Å². The van der Waals surface area contributed by atoms with Crippen LogP contribution in [-0.2, 0) is 0 Å². The molecule has 0 fully saturated rings. The second kappa shape index (κ2) is 8.34. The molecule has 0 aliphatic heterocycles. The molecule has 0 spiro atoms. The maximum absolute atomic E-state index is 2.63. The fourth-order valence-corrected chi connectivity index (χ4v) is 7.57. The molecule has 1 nitrogen and oxygen atoms in total. The Bertz CT molecular complexity index is 137. The molecule has 0 aromatic heterocycles. The second-order valence-electron chi connectivity index (χ2n) is 5.08. The predicted molar refractivity (Wildman–Crippen MR) is 74.0 cm³/mol. The van der Waals surface area contributed by atoms with Gasteiger partial charge in [-0.1, -0.05) is 52.9 Å². The second-order valence-corrected chi connectivity index (χ2v) is 9.92. The van der Waals surface area contributed by atoms with Crippen LogP contribution in [0.3, 0.4) is 0 Å². The highest BCUT2D eigenvalue weighted by molar-refractivity contribution is 6.77. The molecule has 0 aliphatic rings. The Morgan fingerprint density at radius 2 is 1.20 bits per heavy atom. The van der Waals surface area contributed by atoms with Crippen molar-refractivity contribution in [2.75, 3.05) is 14.1 Å². The molecular formula is C13H31NSi. The molecule has 0 saturated heterocycles.